The molecule has 1 aromatic carbocycles. The first-order valence-electron chi connectivity index (χ1n) is 10.5. The Hall–Kier alpha value is -2.09. The van der Waals surface area contributed by atoms with Crippen molar-refractivity contribution in [3.8, 4) is 0 Å². The van der Waals surface area contributed by atoms with Crippen LogP contribution >= 0.6 is 0 Å². The Morgan fingerprint density at radius 1 is 1.04 bits per heavy atom. The summed E-state index contributed by atoms with van der Waals surface area (Å²) in [5.74, 6) is -0.891. The van der Waals surface area contributed by atoms with Crippen molar-refractivity contribution in [1.82, 2.24) is 0 Å². The van der Waals surface area contributed by atoms with Crippen molar-refractivity contribution in [3.63, 3.8) is 0 Å². The number of carboxylic acid groups (broad SMARTS) is 1. The van der Waals surface area contributed by atoms with E-state index in [0.717, 1.165) is 18.4 Å². The van der Waals surface area contributed by atoms with Crippen LogP contribution in [0.1, 0.15) is 89.0 Å². The molecule has 0 aromatic heterocycles. The predicted octanol–water partition coefficient (Wildman–Crippen LogP) is 6.87. The smallest absolute Gasteiger partial charge is 0.328 e. The summed E-state index contributed by atoms with van der Waals surface area (Å²) in [6, 6.07) is 4.91. The monoisotopic (exact) mass is 378 g/mol. The van der Waals surface area contributed by atoms with Crippen molar-refractivity contribution >= 4 is 11.5 Å². The van der Waals surface area contributed by atoms with E-state index >= 15 is 0 Å². The summed E-state index contributed by atoms with van der Waals surface area (Å²) < 4.78 is 0. The summed E-state index contributed by atoms with van der Waals surface area (Å²) in [6.45, 7) is 13.6. The van der Waals surface area contributed by atoms with E-state index in [-0.39, 0.29) is 10.8 Å². The van der Waals surface area contributed by atoms with Gasteiger partial charge in [-0.15, -0.1) is 0 Å². The van der Waals surface area contributed by atoms with E-state index in [1.54, 1.807) is 0 Å². The first-order chi connectivity index (χ1) is 13.0. The fourth-order valence-electron chi connectivity index (χ4n) is 4.78. The lowest BCUT2D eigenvalue weighted by atomic mass is 9.62. The molecule has 0 unspecified atom stereocenters. The van der Waals surface area contributed by atoms with Gasteiger partial charge in [0.1, 0.15) is 0 Å². The highest BCUT2D eigenvalue weighted by molar-refractivity contribution is 5.81. The number of allylic oxidation sites excluding steroid dienone is 5. The Morgan fingerprint density at radius 2 is 1.64 bits per heavy atom. The molecule has 2 nitrogen and oxygen atoms in total. The Morgan fingerprint density at radius 3 is 2.25 bits per heavy atom. The molecule has 0 fully saturated rings. The zero-order valence-corrected chi connectivity index (χ0v) is 18.3. The fourth-order valence-corrected chi connectivity index (χ4v) is 4.78. The second-order valence-electron chi connectivity index (χ2n) is 9.90. The second kappa shape index (κ2) is 7.39. The Labute approximate surface area is 170 Å². The summed E-state index contributed by atoms with van der Waals surface area (Å²) in [5.41, 5.74) is 9.80. The van der Waals surface area contributed by atoms with E-state index in [1.165, 1.54) is 58.7 Å². The lowest BCUT2D eigenvalue weighted by Crippen LogP contribution is -2.34. The van der Waals surface area contributed by atoms with Gasteiger partial charge in [-0.2, -0.15) is 0 Å². The molecule has 0 saturated heterocycles. The number of hydrogen-bond acceptors (Lipinski definition) is 1. The maximum atomic E-state index is 10.9. The van der Waals surface area contributed by atoms with Crippen LogP contribution in [-0.2, 0) is 15.6 Å². The number of aryl methyl sites for hydroxylation is 1. The van der Waals surface area contributed by atoms with Crippen molar-refractivity contribution < 1.29 is 9.90 Å². The summed E-state index contributed by atoms with van der Waals surface area (Å²) >= 11 is 0. The van der Waals surface area contributed by atoms with Gasteiger partial charge in [0.25, 0.3) is 0 Å². The lowest BCUT2D eigenvalue weighted by molar-refractivity contribution is -0.131. The van der Waals surface area contributed by atoms with Crippen LogP contribution in [-0.4, -0.2) is 11.1 Å². The van der Waals surface area contributed by atoms with E-state index in [9.17, 15) is 4.79 Å². The van der Waals surface area contributed by atoms with Gasteiger partial charge in [0.15, 0.2) is 0 Å². The molecule has 0 spiro atoms. The van der Waals surface area contributed by atoms with E-state index in [0.29, 0.717) is 0 Å². The number of rotatable bonds is 4. The summed E-state index contributed by atoms with van der Waals surface area (Å²) in [7, 11) is 0. The van der Waals surface area contributed by atoms with E-state index in [1.807, 2.05) is 13.0 Å². The quantitative estimate of drug-likeness (QED) is 0.458. The molecular weight excluding hydrogens is 344 g/mol. The third-order valence-electron chi connectivity index (χ3n) is 6.68. The third-order valence-corrected chi connectivity index (χ3v) is 6.68. The molecule has 1 aromatic rings. The second-order valence-corrected chi connectivity index (χ2v) is 9.90. The van der Waals surface area contributed by atoms with Gasteiger partial charge in [0.05, 0.1) is 0 Å². The first-order valence-corrected chi connectivity index (χ1v) is 10.5. The molecule has 0 radical (unpaired) electrons. The van der Waals surface area contributed by atoms with Crippen LogP contribution in [0, 0.1) is 6.92 Å². The van der Waals surface area contributed by atoms with Crippen LogP contribution in [0.5, 0.6) is 0 Å². The minimum atomic E-state index is -0.891. The molecule has 0 saturated carbocycles. The maximum Gasteiger partial charge on any atom is 0.328 e. The number of carbonyl (C=O) groups is 1. The number of aliphatic carboxylic acids is 1. The molecule has 0 atom stereocenters. The largest absolute Gasteiger partial charge is 0.478 e. The highest BCUT2D eigenvalue weighted by Crippen LogP contribution is 2.48. The van der Waals surface area contributed by atoms with Crippen LogP contribution in [0.2, 0.25) is 0 Å². The van der Waals surface area contributed by atoms with Crippen molar-refractivity contribution in [1.29, 1.82) is 0 Å². The Bertz CT molecular complexity index is 891. The van der Waals surface area contributed by atoms with Gasteiger partial charge in [-0.1, -0.05) is 52.0 Å². The zero-order chi connectivity index (χ0) is 20.7. The molecule has 28 heavy (non-hydrogen) atoms. The minimum absolute atomic E-state index is 0.212. The van der Waals surface area contributed by atoms with Crippen molar-refractivity contribution in [3.05, 3.63) is 63.8 Å². The highest BCUT2D eigenvalue weighted by Gasteiger charge is 2.37. The van der Waals surface area contributed by atoms with Gasteiger partial charge < -0.3 is 5.11 Å². The van der Waals surface area contributed by atoms with E-state index in [2.05, 4.69) is 52.8 Å². The minimum Gasteiger partial charge on any atom is -0.478 e. The van der Waals surface area contributed by atoms with Crippen molar-refractivity contribution in [2.75, 3.05) is 0 Å². The fraction of sp³-hybridized carbons (Fsp3) is 0.500. The SMILES string of the molecule is C/C(C=CC1=C(c2cc3c(cc2C)C(C)(C)CCC3(C)C)CCC1)=C\C(=O)O. The third kappa shape index (κ3) is 4.01. The van der Waals surface area contributed by atoms with Crippen LogP contribution in [0.15, 0.2) is 41.5 Å². The van der Waals surface area contributed by atoms with Crippen LogP contribution in [0.4, 0.5) is 0 Å². The van der Waals surface area contributed by atoms with Crippen molar-refractivity contribution in [2.24, 2.45) is 0 Å². The van der Waals surface area contributed by atoms with Gasteiger partial charge in [-0.3, -0.25) is 0 Å². The topological polar surface area (TPSA) is 37.3 Å². The average Bonchev–Trinajstić information content (AvgIpc) is 3.04. The number of hydrogen-bond donors (Lipinski definition) is 1. The molecular formula is C26H34O2. The number of benzene rings is 1. The Kier molecular flexibility index (Phi) is 5.44. The average molecular weight is 379 g/mol. The number of carboxylic acids is 1. The highest BCUT2D eigenvalue weighted by atomic mass is 16.4. The zero-order valence-electron chi connectivity index (χ0n) is 18.3. The number of fused-ring (bicyclic) bond motifs is 1. The molecule has 150 valence electrons. The predicted molar refractivity (Wildman–Crippen MR) is 118 cm³/mol. The molecule has 3 rings (SSSR count). The molecule has 0 aliphatic heterocycles. The summed E-state index contributed by atoms with van der Waals surface area (Å²) in [4.78, 5) is 10.9. The molecule has 0 heterocycles. The molecule has 1 N–H and O–H groups in total. The molecule has 0 amide bonds. The molecule has 0 bridgehead atoms. The molecule has 2 heteroatoms. The normalized spacial score (nSPS) is 21.3. The molecule has 2 aliphatic rings. The maximum absolute atomic E-state index is 10.9. The molecule has 2 aliphatic carbocycles. The standard InChI is InChI=1S/C26H34O2/c1-17(14-24(27)28)10-11-19-8-7-9-20(19)21-16-23-22(15-18(21)2)25(3,4)12-13-26(23,5)6/h10-11,14-16H,7-9,12-13H2,1-6H3,(H,27,28)/b11-10?,17-14+. The van der Waals surface area contributed by atoms with Gasteiger partial charge in [-0.05, 0) is 95.8 Å². The van der Waals surface area contributed by atoms with E-state index < -0.39 is 5.97 Å². The van der Waals surface area contributed by atoms with Crippen LogP contribution in [0.3, 0.4) is 0 Å². The van der Waals surface area contributed by atoms with E-state index in [4.69, 9.17) is 5.11 Å². The van der Waals surface area contributed by atoms with Gasteiger partial charge in [-0.25, -0.2) is 4.79 Å². The van der Waals surface area contributed by atoms with Crippen molar-refractivity contribution in [2.45, 2.75) is 84.5 Å². The first kappa shape index (κ1) is 20.6. The summed E-state index contributed by atoms with van der Waals surface area (Å²) in [6.07, 6.45) is 11.1. The lowest BCUT2D eigenvalue weighted by Gasteiger charge is -2.42. The van der Waals surface area contributed by atoms with Crippen LogP contribution < -0.4 is 0 Å². The van der Waals surface area contributed by atoms with Crippen LogP contribution in [0.25, 0.3) is 5.57 Å². The van der Waals surface area contributed by atoms with Gasteiger partial charge in [0, 0.05) is 6.08 Å². The van der Waals surface area contributed by atoms with Gasteiger partial charge in [0.2, 0.25) is 0 Å². The van der Waals surface area contributed by atoms with Gasteiger partial charge >= 0.3 is 5.97 Å². The summed E-state index contributed by atoms with van der Waals surface area (Å²) in [5, 5.41) is 8.92. The Balaban J connectivity index is 2.08.